The molecule has 2 aromatic rings. The third kappa shape index (κ3) is 4.24. The van der Waals surface area contributed by atoms with Crippen LogP contribution in [0.25, 0.3) is 0 Å². The lowest BCUT2D eigenvalue weighted by Crippen LogP contribution is -2.17. The van der Waals surface area contributed by atoms with E-state index in [1.807, 2.05) is 0 Å². The molecule has 1 aromatic carbocycles. The molecule has 130 valence electrons. The minimum absolute atomic E-state index is 0.0508. The van der Waals surface area contributed by atoms with Crippen LogP contribution in [0.2, 0.25) is 5.28 Å². The van der Waals surface area contributed by atoms with Crippen LogP contribution in [0.4, 0.5) is 23.4 Å². The van der Waals surface area contributed by atoms with E-state index in [2.05, 4.69) is 15.3 Å². The maximum absolute atomic E-state index is 13.1. The number of rotatable bonds is 5. The van der Waals surface area contributed by atoms with Gasteiger partial charge in [0.25, 0.3) is 0 Å². The second kappa shape index (κ2) is 7.18. The summed E-state index contributed by atoms with van der Waals surface area (Å²) in [6, 6.07) is 2.02. The van der Waals surface area contributed by atoms with Crippen molar-refractivity contribution >= 4 is 17.4 Å². The number of aromatic nitrogens is 2. The highest BCUT2D eigenvalue weighted by molar-refractivity contribution is 6.28. The first kappa shape index (κ1) is 18.2. The van der Waals surface area contributed by atoms with Crippen LogP contribution in [0.15, 0.2) is 24.4 Å². The predicted molar refractivity (Wildman–Crippen MR) is 78.4 cm³/mol. The number of hydrogen-bond acceptors (Lipinski definition) is 5. The molecule has 0 aliphatic rings. The van der Waals surface area contributed by atoms with E-state index >= 15 is 0 Å². The normalized spacial score (nSPS) is 12.8. The largest absolute Gasteiger partial charge is 0.485 e. The Morgan fingerprint density at radius 2 is 2.08 bits per heavy atom. The molecule has 0 radical (unpaired) electrons. The summed E-state index contributed by atoms with van der Waals surface area (Å²) >= 11 is 5.61. The number of benzene rings is 1. The number of nitrogens with zero attached hydrogens (tertiary/aromatic N) is 2. The number of ether oxygens (including phenoxy) is 1. The molecule has 0 amide bonds. The van der Waals surface area contributed by atoms with Gasteiger partial charge in [-0.3, -0.25) is 0 Å². The van der Waals surface area contributed by atoms with Crippen molar-refractivity contribution < 1.29 is 27.4 Å². The van der Waals surface area contributed by atoms with Crippen LogP contribution < -0.4 is 10.1 Å². The van der Waals surface area contributed by atoms with E-state index in [9.17, 15) is 22.7 Å². The van der Waals surface area contributed by atoms with Gasteiger partial charge in [0, 0.05) is 7.05 Å². The Hall–Kier alpha value is -2.13. The first-order valence-electron chi connectivity index (χ1n) is 6.60. The van der Waals surface area contributed by atoms with Crippen molar-refractivity contribution in [1.29, 1.82) is 0 Å². The Labute approximate surface area is 139 Å². The Morgan fingerprint density at radius 1 is 1.38 bits per heavy atom. The highest BCUT2D eigenvalue weighted by atomic mass is 35.5. The molecule has 0 saturated carbocycles. The van der Waals surface area contributed by atoms with Crippen LogP contribution in [0.1, 0.15) is 17.2 Å². The first-order valence-corrected chi connectivity index (χ1v) is 6.98. The summed E-state index contributed by atoms with van der Waals surface area (Å²) in [6.45, 7) is -0.519. The van der Waals surface area contributed by atoms with Gasteiger partial charge in [-0.05, 0) is 29.3 Å². The summed E-state index contributed by atoms with van der Waals surface area (Å²) in [7, 11) is 1.53. The molecule has 0 fully saturated rings. The zero-order valence-electron chi connectivity index (χ0n) is 12.2. The Morgan fingerprint density at radius 3 is 2.71 bits per heavy atom. The van der Waals surface area contributed by atoms with Crippen molar-refractivity contribution in [3.63, 3.8) is 0 Å². The van der Waals surface area contributed by atoms with Gasteiger partial charge in [0.1, 0.15) is 18.5 Å². The van der Waals surface area contributed by atoms with Crippen LogP contribution in [0, 0.1) is 5.82 Å². The molecule has 0 aliphatic heterocycles. The summed E-state index contributed by atoms with van der Waals surface area (Å²) in [5.74, 6) is -0.753. The lowest BCUT2D eigenvalue weighted by molar-refractivity contribution is -0.139. The van der Waals surface area contributed by atoms with Gasteiger partial charge in [-0.25, -0.2) is 9.37 Å². The summed E-state index contributed by atoms with van der Waals surface area (Å²) < 4.78 is 57.2. The SMILES string of the molecule is CNc1nc(Cl)ncc1OCC(O)c1ccc(F)cc1C(F)(F)F. The molecular weight excluding hydrogens is 354 g/mol. The average Bonchev–Trinajstić information content (AvgIpc) is 2.52. The number of anilines is 1. The van der Waals surface area contributed by atoms with Gasteiger partial charge in [0.15, 0.2) is 11.6 Å². The van der Waals surface area contributed by atoms with E-state index < -0.39 is 35.8 Å². The van der Waals surface area contributed by atoms with Crippen LogP contribution in [-0.4, -0.2) is 28.7 Å². The number of nitrogens with one attached hydrogen (secondary N) is 1. The molecule has 5 nitrogen and oxygen atoms in total. The van der Waals surface area contributed by atoms with Gasteiger partial charge in [0.05, 0.1) is 11.8 Å². The third-order valence-electron chi connectivity index (χ3n) is 3.04. The van der Waals surface area contributed by atoms with Crippen LogP contribution in [-0.2, 0) is 6.18 Å². The number of hydrogen-bond donors (Lipinski definition) is 2. The fourth-order valence-electron chi connectivity index (χ4n) is 1.96. The molecule has 24 heavy (non-hydrogen) atoms. The molecular formula is C14H12ClF4N3O2. The van der Waals surface area contributed by atoms with Crippen molar-refractivity contribution in [3.05, 3.63) is 46.6 Å². The first-order chi connectivity index (χ1) is 11.2. The molecule has 0 saturated heterocycles. The smallest absolute Gasteiger partial charge is 0.416 e. The third-order valence-corrected chi connectivity index (χ3v) is 3.22. The van der Waals surface area contributed by atoms with E-state index in [0.717, 1.165) is 12.1 Å². The number of aliphatic hydroxyl groups excluding tert-OH is 1. The fourth-order valence-corrected chi connectivity index (χ4v) is 2.09. The molecule has 0 spiro atoms. The summed E-state index contributed by atoms with van der Waals surface area (Å²) in [5, 5.41) is 12.6. The minimum Gasteiger partial charge on any atom is -0.485 e. The van der Waals surface area contributed by atoms with Crippen molar-refractivity contribution in [2.24, 2.45) is 0 Å². The van der Waals surface area contributed by atoms with Crippen LogP contribution in [0.5, 0.6) is 5.75 Å². The molecule has 1 unspecified atom stereocenters. The number of halogens is 5. The van der Waals surface area contributed by atoms with Crippen molar-refractivity contribution in [3.8, 4) is 5.75 Å². The van der Waals surface area contributed by atoms with E-state index in [1.165, 1.54) is 13.2 Å². The van der Waals surface area contributed by atoms with E-state index in [-0.39, 0.29) is 16.9 Å². The topological polar surface area (TPSA) is 67.3 Å². The maximum atomic E-state index is 13.1. The second-order valence-corrected chi connectivity index (χ2v) is 5.00. The Kier molecular flexibility index (Phi) is 5.45. The standard InChI is InChI=1S/C14H12ClF4N3O2/c1-20-12-11(5-21-13(15)22-12)24-6-10(23)8-3-2-7(16)4-9(8)14(17,18)19/h2-5,10,23H,6H2,1H3,(H,20,21,22). The number of alkyl halides is 3. The average molecular weight is 366 g/mol. The summed E-state index contributed by atoms with van der Waals surface area (Å²) in [4.78, 5) is 7.50. The second-order valence-electron chi connectivity index (χ2n) is 4.66. The zero-order chi connectivity index (χ0) is 17.9. The quantitative estimate of drug-likeness (QED) is 0.627. The van der Waals surface area contributed by atoms with Crippen molar-refractivity contribution in [2.75, 3.05) is 19.0 Å². The number of aliphatic hydroxyl groups is 1. The molecule has 10 heteroatoms. The highest BCUT2D eigenvalue weighted by Gasteiger charge is 2.35. The lowest BCUT2D eigenvalue weighted by atomic mass is 10.0. The summed E-state index contributed by atoms with van der Waals surface area (Å²) in [6.07, 6.45) is -5.23. The fraction of sp³-hybridized carbons (Fsp3) is 0.286. The Balaban J connectivity index is 2.21. The van der Waals surface area contributed by atoms with E-state index in [1.54, 1.807) is 0 Å². The minimum atomic E-state index is -4.81. The molecule has 2 rings (SSSR count). The maximum Gasteiger partial charge on any atom is 0.416 e. The molecule has 2 N–H and O–H groups in total. The highest BCUT2D eigenvalue weighted by Crippen LogP contribution is 2.35. The lowest BCUT2D eigenvalue weighted by Gasteiger charge is -2.18. The molecule has 0 bridgehead atoms. The van der Waals surface area contributed by atoms with Gasteiger partial charge >= 0.3 is 6.18 Å². The monoisotopic (exact) mass is 365 g/mol. The molecule has 1 heterocycles. The van der Waals surface area contributed by atoms with E-state index in [4.69, 9.17) is 16.3 Å². The zero-order valence-corrected chi connectivity index (χ0v) is 13.0. The van der Waals surface area contributed by atoms with Gasteiger partial charge in [-0.15, -0.1) is 0 Å². The van der Waals surface area contributed by atoms with Gasteiger partial charge in [0.2, 0.25) is 5.28 Å². The summed E-state index contributed by atoms with van der Waals surface area (Å²) in [5.41, 5.74) is -1.76. The van der Waals surface area contributed by atoms with Crippen LogP contribution >= 0.6 is 11.6 Å². The van der Waals surface area contributed by atoms with Crippen molar-refractivity contribution in [1.82, 2.24) is 9.97 Å². The Bertz CT molecular complexity index is 728. The molecule has 0 aliphatic carbocycles. The van der Waals surface area contributed by atoms with E-state index in [0.29, 0.717) is 6.07 Å². The molecule has 1 aromatic heterocycles. The predicted octanol–water partition coefficient (Wildman–Crippen LogP) is 3.44. The van der Waals surface area contributed by atoms with Gasteiger partial charge in [-0.1, -0.05) is 6.07 Å². The van der Waals surface area contributed by atoms with Gasteiger partial charge in [-0.2, -0.15) is 18.2 Å². The van der Waals surface area contributed by atoms with Crippen LogP contribution in [0.3, 0.4) is 0 Å². The van der Waals surface area contributed by atoms with Gasteiger partial charge < -0.3 is 15.2 Å². The molecule has 1 atom stereocenters. The van der Waals surface area contributed by atoms with Crippen molar-refractivity contribution in [2.45, 2.75) is 12.3 Å².